The number of hydrogen-bond donors (Lipinski definition) is 4. The van der Waals surface area contributed by atoms with Gasteiger partial charge in [-0.2, -0.15) is 8.78 Å². The summed E-state index contributed by atoms with van der Waals surface area (Å²) in [7, 11) is 0. The number of piperidine rings is 1. The lowest BCUT2D eigenvalue weighted by molar-refractivity contribution is -0.139. The highest BCUT2D eigenvalue weighted by atomic mass is 32.1. The molecule has 2 aliphatic carbocycles. The Labute approximate surface area is 239 Å². The number of nitrogen functional groups attached to an aromatic ring is 1. The molecule has 41 heavy (non-hydrogen) atoms. The second-order valence-electron chi connectivity index (χ2n) is 11.3. The Hall–Kier alpha value is -4.12. The van der Waals surface area contributed by atoms with Gasteiger partial charge >= 0.3 is 0 Å². The molecule has 1 aromatic heterocycles. The van der Waals surface area contributed by atoms with E-state index in [1.165, 1.54) is 35.6 Å². The van der Waals surface area contributed by atoms with Crippen LogP contribution >= 0.6 is 11.3 Å². The molecule has 3 aliphatic rings. The smallest absolute Gasteiger partial charge is 0.299 e. The molecule has 4 atom stereocenters. The monoisotopic (exact) mass is 577 g/mol. The van der Waals surface area contributed by atoms with Crippen molar-refractivity contribution in [3.05, 3.63) is 81.0 Å². The van der Waals surface area contributed by atoms with Crippen LogP contribution < -0.4 is 16.4 Å². The highest BCUT2D eigenvalue weighted by Crippen LogP contribution is 2.59. The van der Waals surface area contributed by atoms with Crippen LogP contribution in [-0.2, 0) is 15.5 Å². The number of carbonyl (C=O) groups excluding carboxylic acids is 3. The van der Waals surface area contributed by atoms with Crippen molar-refractivity contribution in [1.82, 2.24) is 15.5 Å². The van der Waals surface area contributed by atoms with Crippen molar-refractivity contribution < 1.29 is 23.2 Å². The van der Waals surface area contributed by atoms with Gasteiger partial charge in [0.2, 0.25) is 11.8 Å². The van der Waals surface area contributed by atoms with E-state index < -0.39 is 17.9 Å². The fraction of sp³-hybridized carbons (Fsp3) is 0.333. The second kappa shape index (κ2) is 9.47. The number of likely N-dealkylation sites (tertiary alicyclic amines) is 1. The Balaban J connectivity index is 1.13. The highest BCUT2D eigenvalue weighted by molar-refractivity contribution is 7.10. The minimum absolute atomic E-state index is 0.0451. The molecule has 1 saturated carbocycles. The summed E-state index contributed by atoms with van der Waals surface area (Å²) < 4.78 is 29.8. The molecule has 8 nitrogen and oxygen atoms in total. The summed E-state index contributed by atoms with van der Waals surface area (Å²) in [6.45, 7) is 3.56. The predicted octanol–water partition coefficient (Wildman–Crippen LogP) is 4.14. The first-order valence-electron chi connectivity index (χ1n) is 13.4. The van der Waals surface area contributed by atoms with Crippen molar-refractivity contribution in [3.8, 4) is 11.1 Å². The first kappa shape index (κ1) is 27.1. The second-order valence-corrected chi connectivity index (χ2v) is 12.3. The lowest BCUT2D eigenvalue weighted by Crippen LogP contribution is -2.51. The van der Waals surface area contributed by atoms with E-state index in [9.17, 15) is 23.2 Å². The first-order chi connectivity index (χ1) is 19.4. The number of rotatable bonds is 7. The van der Waals surface area contributed by atoms with Crippen LogP contribution in [0.4, 0.5) is 8.78 Å². The van der Waals surface area contributed by atoms with Gasteiger partial charge in [0.05, 0.1) is 12.6 Å². The number of hydrogen-bond acceptors (Lipinski definition) is 5. The zero-order valence-electron chi connectivity index (χ0n) is 22.5. The number of carbonyl (C=O) groups is 3. The molecular weight excluding hydrogens is 548 g/mol. The maximum absolute atomic E-state index is 14.9. The van der Waals surface area contributed by atoms with E-state index in [4.69, 9.17) is 11.1 Å². The molecule has 5 N–H and O–H groups in total. The molecule has 0 bridgehead atoms. The first-order valence-corrected chi connectivity index (χ1v) is 14.2. The van der Waals surface area contributed by atoms with Crippen LogP contribution in [0.15, 0.2) is 53.9 Å². The molecule has 0 radical (unpaired) electrons. The summed E-state index contributed by atoms with van der Waals surface area (Å²) in [5.74, 6) is -4.39. The summed E-state index contributed by atoms with van der Waals surface area (Å²) in [6.07, 6.45) is 1.31. The van der Waals surface area contributed by atoms with Gasteiger partial charge in [0.25, 0.3) is 11.8 Å². The van der Waals surface area contributed by atoms with Gasteiger partial charge < -0.3 is 21.3 Å². The third-order valence-corrected chi connectivity index (χ3v) is 9.63. The van der Waals surface area contributed by atoms with Crippen molar-refractivity contribution in [1.29, 1.82) is 5.41 Å². The van der Waals surface area contributed by atoms with Crippen molar-refractivity contribution in [2.45, 2.75) is 50.7 Å². The van der Waals surface area contributed by atoms with Crippen LogP contribution in [-0.4, -0.2) is 47.1 Å². The molecule has 1 saturated heterocycles. The van der Waals surface area contributed by atoms with E-state index in [1.54, 1.807) is 34.5 Å². The molecule has 2 aromatic carbocycles. The third-order valence-electron chi connectivity index (χ3n) is 8.52. The molecule has 2 heterocycles. The van der Waals surface area contributed by atoms with Gasteiger partial charge in [-0.15, -0.1) is 11.3 Å². The maximum atomic E-state index is 14.9. The summed E-state index contributed by atoms with van der Waals surface area (Å²) in [4.78, 5) is 42.1. The predicted molar refractivity (Wildman–Crippen MR) is 151 cm³/mol. The lowest BCUT2D eigenvalue weighted by atomic mass is 10.0. The van der Waals surface area contributed by atoms with Gasteiger partial charge in [-0.25, -0.2) is 0 Å². The fourth-order valence-electron chi connectivity index (χ4n) is 6.13. The number of nitrogens with two attached hydrogens (primary N) is 1. The highest BCUT2D eigenvalue weighted by Gasteiger charge is 2.64. The van der Waals surface area contributed by atoms with Crippen LogP contribution in [0.1, 0.15) is 64.7 Å². The lowest BCUT2D eigenvalue weighted by Gasteiger charge is -2.28. The van der Waals surface area contributed by atoms with E-state index in [2.05, 4.69) is 10.6 Å². The molecule has 1 unspecified atom stereocenters. The Morgan fingerprint density at radius 2 is 1.83 bits per heavy atom. The van der Waals surface area contributed by atoms with Crippen molar-refractivity contribution in [2.24, 2.45) is 11.1 Å². The summed E-state index contributed by atoms with van der Waals surface area (Å²) in [6, 6.07) is 10.9. The third kappa shape index (κ3) is 4.48. The molecule has 6 rings (SSSR count). The molecule has 0 spiro atoms. The molecule has 2 fully saturated rings. The Morgan fingerprint density at radius 3 is 2.56 bits per heavy atom. The number of amides is 3. The van der Waals surface area contributed by atoms with E-state index in [0.717, 1.165) is 11.3 Å². The SMILES string of the molecule is CC(NC(=O)[C@@H]1C[C@]2(C)C[C@@H]2N1C(=O)CNC(=O)c1ccc2c(c1)-c1ccccc1C2(F)F)c1cc(C(=N)N)cs1. The number of benzene rings is 2. The minimum Gasteiger partial charge on any atom is -0.384 e. The largest absolute Gasteiger partial charge is 0.384 e. The van der Waals surface area contributed by atoms with E-state index >= 15 is 0 Å². The van der Waals surface area contributed by atoms with Crippen LogP contribution in [0.3, 0.4) is 0 Å². The molecule has 11 heteroatoms. The van der Waals surface area contributed by atoms with E-state index in [0.29, 0.717) is 23.1 Å². The molecule has 3 amide bonds. The van der Waals surface area contributed by atoms with E-state index in [-0.39, 0.29) is 58.4 Å². The maximum Gasteiger partial charge on any atom is 0.299 e. The standard InChI is InChI=1S/C30H29F2N5O3S/c1-15(23-10-17(14-41-23)26(33)34)36-28(40)22-11-29(2)12-24(29)37(22)25(38)13-35-27(39)16-7-8-21-19(9-16)18-5-3-4-6-20(18)30(21,31)32/h3-10,14-15,22,24H,11-13H2,1-2H3,(H3,33,34)(H,35,39)(H,36,40)/t15?,22-,24-,29+/m0/s1. The molecule has 1 aliphatic heterocycles. The number of nitrogens with zero attached hydrogens (tertiary/aromatic N) is 1. The molecule has 212 valence electrons. The molecular formula is C30H29F2N5O3S. The Bertz CT molecular complexity index is 1620. The average molecular weight is 578 g/mol. The van der Waals surface area contributed by atoms with Gasteiger partial charge in [0.1, 0.15) is 11.9 Å². The zero-order valence-corrected chi connectivity index (χ0v) is 23.3. The topological polar surface area (TPSA) is 128 Å². The number of thiophene rings is 1. The van der Waals surface area contributed by atoms with Gasteiger partial charge in [0, 0.05) is 38.6 Å². The summed E-state index contributed by atoms with van der Waals surface area (Å²) in [5, 5.41) is 14.9. The van der Waals surface area contributed by atoms with Crippen molar-refractivity contribution in [3.63, 3.8) is 0 Å². The summed E-state index contributed by atoms with van der Waals surface area (Å²) in [5.41, 5.74) is 6.60. The van der Waals surface area contributed by atoms with Crippen LogP contribution in [0, 0.1) is 10.8 Å². The Morgan fingerprint density at radius 1 is 1.10 bits per heavy atom. The van der Waals surface area contributed by atoms with Crippen LogP contribution in [0.2, 0.25) is 0 Å². The Kier molecular flexibility index (Phi) is 6.25. The number of alkyl halides is 2. The fourth-order valence-corrected chi connectivity index (χ4v) is 7.05. The van der Waals surface area contributed by atoms with Crippen molar-refractivity contribution >= 4 is 34.9 Å². The van der Waals surface area contributed by atoms with Gasteiger partial charge in [-0.1, -0.05) is 37.3 Å². The van der Waals surface area contributed by atoms with Gasteiger partial charge in [0.15, 0.2) is 0 Å². The van der Waals surface area contributed by atoms with Crippen LogP contribution in [0.25, 0.3) is 11.1 Å². The zero-order chi connectivity index (χ0) is 29.3. The average Bonchev–Trinajstić information content (AvgIpc) is 3.26. The number of nitrogens with one attached hydrogen (secondary N) is 3. The molecule has 3 aromatic rings. The normalized spacial score (nSPS) is 23.7. The van der Waals surface area contributed by atoms with Crippen LogP contribution in [0.5, 0.6) is 0 Å². The van der Waals surface area contributed by atoms with E-state index in [1.807, 2.05) is 13.8 Å². The summed E-state index contributed by atoms with van der Waals surface area (Å²) >= 11 is 1.39. The minimum atomic E-state index is -3.14. The number of amidine groups is 1. The quantitative estimate of drug-likeness (QED) is 0.249. The number of halogens is 2. The number of fused-ring (bicyclic) bond motifs is 4. The van der Waals surface area contributed by atoms with Gasteiger partial charge in [-0.3, -0.25) is 19.8 Å². The van der Waals surface area contributed by atoms with Gasteiger partial charge in [-0.05, 0) is 54.5 Å². The van der Waals surface area contributed by atoms with Crippen molar-refractivity contribution in [2.75, 3.05) is 6.54 Å².